The van der Waals surface area contributed by atoms with Gasteiger partial charge in [0.1, 0.15) is 6.61 Å². The number of esters is 1. The molecule has 0 fully saturated rings. The molecule has 28 heavy (non-hydrogen) atoms. The molecule has 1 heterocycles. The van der Waals surface area contributed by atoms with Crippen LogP contribution in [0.1, 0.15) is 28.5 Å². The Morgan fingerprint density at radius 1 is 1.14 bits per heavy atom. The van der Waals surface area contributed by atoms with Crippen LogP contribution < -0.4 is 10.3 Å². The van der Waals surface area contributed by atoms with Gasteiger partial charge in [-0.05, 0) is 43.2 Å². The number of aryl methyl sites for hydroxylation is 1. The predicted octanol–water partition coefficient (Wildman–Crippen LogP) is 3.95. The summed E-state index contributed by atoms with van der Waals surface area (Å²) in [4.78, 5) is 25.0. The van der Waals surface area contributed by atoms with E-state index in [9.17, 15) is 9.59 Å². The SMILES string of the molecule is CCOC(=O)c1nn(-c2ccccc2C)c(=O)cc1OCc1cccc(Cl)c1. The molecular formula is C21H19ClN2O4. The normalized spacial score (nSPS) is 10.5. The summed E-state index contributed by atoms with van der Waals surface area (Å²) in [6, 6.07) is 15.6. The first-order valence-electron chi connectivity index (χ1n) is 8.74. The van der Waals surface area contributed by atoms with Crippen LogP contribution in [0.2, 0.25) is 5.02 Å². The van der Waals surface area contributed by atoms with Gasteiger partial charge in [0.05, 0.1) is 18.4 Å². The van der Waals surface area contributed by atoms with Gasteiger partial charge < -0.3 is 9.47 Å². The number of carbonyl (C=O) groups excluding carboxylic acids is 1. The molecule has 0 amide bonds. The first-order valence-corrected chi connectivity index (χ1v) is 9.12. The Labute approximate surface area is 167 Å². The van der Waals surface area contributed by atoms with E-state index in [1.54, 1.807) is 37.3 Å². The van der Waals surface area contributed by atoms with Crippen molar-refractivity contribution in [3.05, 3.63) is 86.8 Å². The van der Waals surface area contributed by atoms with Crippen LogP contribution in [-0.2, 0) is 11.3 Å². The number of nitrogens with zero attached hydrogens (tertiary/aromatic N) is 2. The van der Waals surface area contributed by atoms with Gasteiger partial charge in [0.15, 0.2) is 5.75 Å². The topological polar surface area (TPSA) is 70.4 Å². The molecule has 0 N–H and O–H groups in total. The second kappa shape index (κ2) is 8.71. The largest absolute Gasteiger partial charge is 0.486 e. The smallest absolute Gasteiger partial charge is 0.362 e. The number of carbonyl (C=O) groups is 1. The maximum absolute atomic E-state index is 12.6. The lowest BCUT2D eigenvalue weighted by molar-refractivity contribution is 0.0511. The highest BCUT2D eigenvalue weighted by molar-refractivity contribution is 6.30. The van der Waals surface area contributed by atoms with Crippen LogP contribution in [0.15, 0.2) is 59.4 Å². The molecule has 6 nitrogen and oxygen atoms in total. The highest BCUT2D eigenvalue weighted by atomic mass is 35.5. The minimum Gasteiger partial charge on any atom is -0.486 e. The molecule has 0 radical (unpaired) electrons. The van der Waals surface area contributed by atoms with Crippen LogP contribution in [0.25, 0.3) is 5.69 Å². The summed E-state index contributed by atoms with van der Waals surface area (Å²) < 4.78 is 12.0. The number of benzene rings is 2. The zero-order valence-corrected chi connectivity index (χ0v) is 16.3. The number of para-hydroxylation sites is 1. The second-order valence-corrected chi connectivity index (χ2v) is 6.47. The minimum atomic E-state index is -0.661. The summed E-state index contributed by atoms with van der Waals surface area (Å²) in [5, 5.41) is 4.80. The Balaban J connectivity index is 2.01. The summed E-state index contributed by atoms with van der Waals surface area (Å²) in [7, 11) is 0. The van der Waals surface area contributed by atoms with E-state index >= 15 is 0 Å². The highest BCUT2D eigenvalue weighted by Gasteiger charge is 2.20. The van der Waals surface area contributed by atoms with Crippen molar-refractivity contribution in [1.82, 2.24) is 9.78 Å². The van der Waals surface area contributed by atoms with E-state index in [1.165, 1.54) is 10.7 Å². The van der Waals surface area contributed by atoms with Gasteiger partial charge in [0, 0.05) is 5.02 Å². The molecule has 0 saturated carbocycles. The minimum absolute atomic E-state index is 0.0632. The molecule has 2 aromatic carbocycles. The van der Waals surface area contributed by atoms with Gasteiger partial charge >= 0.3 is 5.97 Å². The zero-order valence-electron chi connectivity index (χ0n) is 15.5. The molecule has 7 heteroatoms. The second-order valence-electron chi connectivity index (χ2n) is 6.03. The molecule has 1 aromatic heterocycles. The van der Waals surface area contributed by atoms with E-state index in [0.29, 0.717) is 10.7 Å². The fourth-order valence-electron chi connectivity index (χ4n) is 2.65. The molecule has 0 saturated heterocycles. The van der Waals surface area contributed by atoms with Crippen molar-refractivity contribution in [2.24, 2.45) is 0 Å². The molecule has 0 unspecified atom stereocenters. The highest BCUT2D eigenvalue weighted by Crippen LogP contribution is 2.20. The van der Waals surface area contributed by atoms with Crippen LogP contribution >= 0.6 is 11.6 Å². The predicted molar refractivity (Wildman–Crippen MR) is 106 cm³/mol. The molecule has 144 valence electrons. The van der Waals surface area contributed by atoms with Crippen molar-refractivity contribution in [2.75, 3.05) is 6.61 Å². The van der Waals surface area contributed by atoms with Gasteiger partial charge in [-0.2, -0.15) is 9.78 Å². The Bertz CT molecular complexity index is 1060. The van der Waals surface area contributed by atoms with E-state index in [1.807, 2.05) is 25.1 Å². The summed E-state index contributed by atoms with van der Waals surface area (Å²) in [6.45, 7) is 3.86. The van der Waals surface area contributed by atoms with Crippen LogP contribution in [0, 0.1) is 6.92 Å². The van der Waals surface area contributed by atoms with E-state index in [-0.39, 0.29) is 24.7 Å². The van der Waals surface area contributed by atoms with Crippen molar-refractivity contribution < 1.29 is 14.3 Å². The van der Waals surface area contributed by atoms with Gasteiger partial charge in [-0.25, -0.2) is 4.79 Å². The Hall–Kier alpha value is -3.12. The van der Waals surface area contributed by atoms with Crippen molar-refractivity contribution in [2.45, 2.75) is 20.5 Å². The fraction of sp³-hybridized carbons (Fsp3) is 0.190. The van der Waals surface area contributed by atoms with Gasteiger partial charge in [-0.15, -0.1) is 0 Å². The maximum Gasteiger partial charge on any atom is 0.362 e. The fourth-order valence-corrected chi connectivity index (χ4v) is 2.87. The summed E-state index contributed by atoms with van der Waals surface area (Å²) in [6.07, 6.45) is 0. The van der Waals surface area contributed by atoms with Crippen LogP contribution in [0.3, 0.4) is 0 Å². The average molecular weight is 399 g/mol. The lowest BCUT2D eigenvalue weighted by atomic mass is 10.2. The lowest BCUT2D eigenvalue weighted by Gasteiger charge is -2.13. The standard InChI is InChI=1S/C21H19ClN2O4/c1-3-27-21(26)20-18(28-13-15-8-6-9-16(22)11-15)12-19(25)24(23-20)17-10-5-4-7-14(17)2/h4-12H,3,13H2,1-2H3. The van der Waals surface area contributed by atoms with Crippen molar-refractivity contribution in [1.29, 1.82) is 0 Å². The molecule has 0 aliphatic heterocycles. The first kappa shape index (κ1) is 19.6. The van der Waals surface area contributed by atoms with Crippen LogP contribution in [0.5, 0.6) is 5.75 Å². The first-order chi connectivity index (χ1) is 13.5. The van der Waals surface area contributed by atoms with Gasteiger partial charge in [-0.3, -0.25) is 4.79 Å². The van der Waals surface area contributed by atoms with Crippen LogP contribution in [0.4, 0.5) is 0 Å². The Kier molecular flexibility index (Phi) is 6.11. The van der Waals surface area contributed by atoms with Gasteiger partial charge in [0.2, 0.25) is 5.69 Å². The van der Waals surface area contributed by atoms with E-state index in [0.717, 1.165) is 11.1 Å². The summed E-state index contributed by atoms with van der Waals surface area (Å²) in [5.74, 6) is -0.598. The van der Waals surface area contributed by atoms with Crippen molar-refractivity contribution in [3.8, 4) is 11.4 Å². The summed E-state index contributed by atoms with van der Waals surface area (Å²) >= 11 is 5.98. The van der Waals surface area contributed by atoms with Crippen LogP contribution in [-0.4, -0.2) is 22.4 Å². The summed E-state index contributed by atoms with van der Waals surface area (Å²) in [5.41, 5.74) is 1.75. The third-order valence-electron chi connectivity index (χ3n) is 3.99. The van der Waals surface area contributed by atoms with E-state index in [2.05, 4.69) is 5.10 Å². The quantitative estimate of drug-likeness (QED) is 0.588. The zero-order chi connectivity index (χ0) is 20.1. The number of ether oxygens (including phenoxy) is 2. The maximum atomic E-state index is 12.6. The van der Waals surface area contributed by atoms with Crippen molar-refractivity contribution >= 4 is 17.6 Å². The number of hydrogen-bond donors (Lipinski definition) is 0. The molecule has 0 bridgehead atoms. The average Bonchev–Trinajstić information content (AvgIpc) is 2.67. The molecule has 0 atom stereocenters. The third kappa shape index (κ3) is 4.40. The number of rotatable bonds is 6. The number of aromatic nitrogens is 2. The molecule has 3 rings (SSSR count). The Morgan fingerprint density at radius 3 is 2.64 bits per heavy atom. The molecule has 0 aliphatic carbocycles. The molecule has 0 spiro atoms. The van der Waals surface area contributed by atoms with Crippen molar-refractivity contribution in [3.63, 3.8) is 0 Å². The van der Waals surface area contributed by atoms with Gasteiger partial charge in [0.25, 0.3) is 5.56 Å². The number of halogens is 1. The van der Waals surface area contributed by atoms with E-state index in [4.69, 9.17) is 21.1 Å². The lowest BCUT2D eigenvalue weighted by Crippen LogP contribution is -2.25. The van der Waals surface area contributed by atoms with E-state index < -0.39 is 11.5 Å². The monoisotopic (exact) mass is 398 g/mol. The molecule has 0 aliphatic rings. The molecular weight excluding hydrogens is 380 g/mol. The Morgan fingerprint density at radius 2 is 1.93 bits per heavy atom. The molecule has 3 aromatic rings. The van der Waals surface area contributed by atoms with Gasteiger partial charge in [-0.1, -0.05) is 41.9 Å². The number of hydrogen-bond acceptors (Lipinski definition) is 5. The third-order valence-corrected chi connectivity index (χ3v) is 4.23.